The SMILES string of the molecule is Cc1ccccc1CSc1nc(N)cc(N2CC[C@@H](O)C2)n1. The van der Waals surface area contributed by atoms with Crippen molar-refractivity contribution in [2.45, 2.75) is 30.4 Å². The van der Waals surface area contributed by atoms with Crippen LogP contribution in [-0.4, -0.2) is 34.3 Å². The van der Waals surface area contributed by atoms with Gasteiger partial charge in [0.15, 0.2) is 5.16 Å². The van der Waals surface area contributed by atoms with Crippen molar-refractivity contribution in [2.24, 2.45) is 0 Å². The summed E-state index contributed by atoms with van der Waals surface area (Å²) < 4.78 is 0. The molecule has 116 valence electrons. The fraction of sp³-hybridized carbons (Fsp3) is 0.375. The topological polar surface area (TPSA) is 75.3 Å². The zero-order chi connectivity index (χ0) is 15.5. The van der Waals surface area contributed by atoms with Gasteiger partial charge in [0.2, 0.25) is 0 Å². The summed E-state index contributed by atoms with van der Waals surface area (Å²) in [5, 5.41) is 10.3. The van der Waals surface area contributed by atoms with Crippen molar-refractivity contribution in [2.75, 3.05) is 23.7 Å². The molecule has 5 nitrogen and oxygen atoms in total. The fourth-order valence-electron chi connectivity index (χ4n) is 2.52. The molecule has 1 atom stereocenters. The minimum absolute atomic E-state index is 0.278. The van der Waals surface area contributed by atoms with Crippen LogP contribution in [0, 0.1) is 6.92 Å². The summed E-state index contributed by atoms with van der Waals surface area (Å²) in [6, 6.07) is 10.1. The Kier molecular flexibility index (Phi) is 4.49. The Morgan fingerprint density at radius 3 is 2.91 bits per heavy atom. The predicted molar refractivity (Wildman–Crippen MR) is 90.0 cm³/mol. The highest BCUT2D eigenvalue weighted by atomic mass is 32.2. The molecule has 1 aromatic heterocycles. The summed E-state index contributed by atoms with van der Waals surface area (Å²) in [6.45, 7) is 3.52. The summed E-state index contributed by atoms with van der Waals surface area (Å²) in [5.41, 5.74) is 8.45. The van der Waals surface area contributed by atoms with Crippen molar-refractivity contribution >= 4 is 23.4 Å². The third kappa shape index (κ3) is 3.51. The maximum atomic E-state index is 9.66. The summed E-state index contributed by atoms with van der Waals surface area (Å²) in [4.78, 5) is 10.9. The van der Waals surface area contributed by atoms with E-state index in [-0.39, 0.29) is 6.10 Å². The smallest absolute Gasteiger partial charge is 0.191 e. The van der Waals surface area contributed by atoms with Crippen LogP contribution in [-0.2, 0) is 5.75 Å². The second kappa shape index (κ2) is 6.54. The number of rotatable bonds is 4. The number of aryl methyl sites for hydroxylation is 1. The zero-order valence-electron chi connectivity index (χ0n) is 12.6. The molecule has 2 aromatic rings. The van der Waals surface area contributed by atoms with Gasteiger partial charge < -0.3 is 15.7 Å². The molecule has 2 heterocycles. The number of nitrogens with zero attached hydrogens (tertiary/aromatic N) is 3. The monoisotopic (exact) mass is 316 g/mol. The number of aromatic nitrogens is 2. The van der Waals surface area contributed by atoms with E-state index in [0.717, 1.165) is 24.5 Å². The normalized spacial score (nSPS) is 17.9. The molecule has 0 amide bonds. The number of hydrogen-bond donors (Lipinski definition) is 2. The van der Waals surface area contributed by atoms with E-state index < -0.39 is 0 Å². The lowest BCUT2D eigenvalue weighted by atomic mass is 10.1. The van der Waals surface area contributed by atoms with Gasteiger partial charge in [0, 0.05) is 24.9 Å². The number of aliphatic hydroxyl groups is 1. The first-order chi connectivity index (χ1) is 10.6. The lowest BCUT2D eigenvalue weighted by molar-refractivity contribution is 0.198. The van der Waals surface area contributed by atoms with Crippen LogP contribution >= 0.6 is 11.8 Å². The maximum absolute atomic E-state index is 9.66. The lowest BCUT2D eigenvalue weighted by Crippen LogP contribution is -2.22. The molecule has 1 aliphatic rings. The molecule has 0 unspecified atom stereocenters. The Bertz CT molecular complexity index is 664. The van der Waals surface area contributed by atoms with Gasteiger partial charge in [-0.05, 0) is 24.5 Å². The van der Waals surface area contributed by atoms with Crippen LogP contribution < -0.4 is 10.6 Å². The van der Waals surface area contributed by atoms with Crippen LogP contribution in [0.15, 0.2) is 35.5 Å². The molecule has 1 aromatic carbocycles. The van der Waals surface area contributed by atoms with Gasteiger partial charge in [0.25, 0.3) is 0 Å². The average molecular weight is 316 g/mol. The number of hydrogen-bond acceptors (Lipinski definition) is 6. The molecule has 0 radical (unpaired) electrons. The molecular weight excluding hydrogens is 296 g/mol. The molecular formula is C16H20N4OS. The molecule has 6 heteroatoms. The third-order valence-electron chi connectivity index (χ3n) is 3.82. The van der Waals surface area contributed by atoms with E-state index in [1.807, 2.05) is 12.1 Å². The van der Waals surface area contributed by atoms with E-state index in [1.165, 1.54) is 11.1 Å². The number of thioether (sulfide) groups is 1. The largest absolute Gasteiger partial charge is 0.391 e. The van der Waals surface area contributed by atoms with Crippen LogP contribution in [0.2, 0.25) is 0 Å². The minimum Gasteiger partial charge on any atom is -0.391 e. The standard InChI is InChI=1S/C16H20N4OS/c1-11-4-2-3-5-12(11)10-22-16-18-14(17)8-15(19-16)20-7-6-13(21)9-20/h2-5,8,13,21H,6-7,9-10H2,1H3,(H2,17,18,19)/t13-/m1/s1. The van der Waals surface area contributed by atoms with E-state index in [9.17, 15) is 5.11 Å². The van der Waals surface area contributed by atoms with Crippen LogP contribution in [0.25, 0.3) is 0 Å². The van der Waals surface area contributed by atoms with Crippen molar-refractivity contribution in [3.05, 3.63) is 41.5 Å². The Balaban J connectivity index is 1.74. The number of anilines is 2. The zero-order valence-corrected chi connectivity index (χ0v) is 13.4. The summed E-state index contributed by atoms with van der Waals surface area (Å²) in [7, 11) is 0. The van der Waals surface area contributed by atoms with Gasteiger partial charge in [0.05, 0.1) is 6.10 Å². The van der Waals surface area contributed by atoms with Gasteiger partial charge in [0.1, 0.15) is 11.6 Å². The van der Waals surface area contributed by atoms with E-state index in [2.05, 4.69) is 33.9 Å². The Labute approximate surface area is 134 Å². The first-order valence-electron chi connectivity index (χ1n) is 7.36. The van der Waals surface area contributed by atoms with Gasteiger partial charge >= 0.3 is 0 Å². The fourth-order valence-corrected chi connectivity index (χ4v) is 3.46. The highest BCUT2D eigenvalue weighted by Crippen LogP contribution is 2.26. The summed E-state index contributed by atoms with van der Waals surface area (Å²) in [6.07, 6.45) is 0.495. The molecule has 22 heavy (non-hydrogen) atoms. The van der Waals surface area contributed by atoms with Crippen molar-refractivity contribution in [3.63, 3.8) is 0 Å². The van der Waals surface area contributed by atoms with Crippen LogP contribution in [0.5, 0.6) is 0 Å². The van der Waals surface area contributed by atoms with Crippen molar-refractivity contribution in [1.82, 2.24) is 9.97 Å². The highest BCUT2D eigenvalue weighted by molar-refractivity contribution is 7.98. The molecule has 3 N–H and O–H groups in total. The van der Waals surface area contributed by atoms with Gasteiger partial charge in [-0.3, -0.25) is 0 Å². The van der Waals surface area contributed by atoms with Crippen molar-refractivity contribution < 1.29 is 5.11 Å². The van der Waals surface area contributed by atoms with E-state index in [0.29, 0.717) is 17.5 Å². The Hall–Kier alpha value is -1.79. The van der Waals surface area contributed by atoms with Crippen LogP contribution in [0.4, 0.5) is 11.6 Å². The minimum atomic E-state index is -0.278. The van der Waals surface area contributed by atoms with E-state index in [4.69, 9.17) is 5.73 Å². The number of nitrogens with two attached hydrogens (primary N) is 1. The predicted octanol–water partition coefficient (Wildman–Crippen LogP) is 2.23. The lowest BCUT2D eigenvalue weighted by Gasteiger charge is -2.17. The average Bonchev–Trinajstić information content (AvgIpc) is 2.93. The van der Waals surface area contributed by atoms with Gasteiger partial charge in [-0.2, -0.15) is 0 Å². The number of aliphatic hydroxyl groups excluding tert-OH is 1. The first-order valence-corrected chi connectivity index (χ1v) is 8.35. The molecule has 1 saturated heterocycles. The molecule has 0 aliphatic carbocycles. The van der Waals surface area contributed by atoms with Crippen LogP contribution in [0.3, 0.4) is 0 Å². The van der Waals surface area contributed by atoms with E-state index >= 15 is 0 Å². The maximum Gasteiger partial charge on any atom is 0.191 e. The Morgan fingerprint density at radius 1 is 1.36 bits per heavy atom. The molecule has 0 bridgehead atoms. The first kappa shape index (κ1) is 15.1. The molecule has 1 aliphatic heterocycles. The van der Waals surface area contributed by atoms with Crippen LogP contribution in [0.1, 0.15) is 17.5 Å². The van der Waals surface area contributed by atoms with Gasteiger partial charge in [-0.15, -0.1) is 0 Å². The molecule has 0 spiro atoms. The Morgan fingerprint density at radius 2 is 2.18 bits per heavy atom. The van der Waals surface area contributed by atoms with Crippen molar-refractivity contribution in [1.29, 1.82) is 0 Å². The van der Waals surface area contributed by atoms with E-state index in [1.54, 1.807) is 17.8 Å². The number of nitrogen functional groups attached to an aromatic ring is 1. The molecule has 3 rings (SSSR count). The summed E-state index contributed by atoms with van der Waals surface area (Å²) >= 11 is 1.58. The van der Waals surface area contributed by atoms with Gasteiger partial charge in [-0.1, -0.05) is 36.0 Å². The quantitative estimate of drug-likeness (QED) is 0.665. The van der Waals surface area contributed by atoms with Gasteiger partial charge in [-0.25, -0.2) is 9.97 Å². The summed E-state index contributed by atoms with van der Waals surface area (Å²) in [5.74, 6) is 2.09. The number of β-amino-alcohol motifs (C(OH)–C–C–N with tert-alkyl or cyclic N) is 1. The second-order valence-electron chi connectivity index (χ2n) is 5.54. The number of benzene rings is 1. The van der Waals surface area contributed by atoms with Crippen molar-refractivity contribution in [3.8, 4) is 0 Å². The second-order valence-corrected chi connectivity index (χ2v) is 6.48. The molecule has 0 saturated carbocycles. The third-order valence-corrected chi connectivity index (χ3v) is 4.71. The molecule has 1 fully saturated rings. The highest BCUT2D eigenvalue weighted by Gasteiger charge is 2.22.